The van der Waals surface area contributed by atoms with Crippen molar-refractivity contribution >= 4 is 77.2 Å². The lowest BCUT2D eigenvalue weighted by molar-refractivity contribution is 0.660. The summed E-state index contributed by atoms with van der Waals surface area (Å²) in [4.78, 5) is 4.92. The van der Waals surface area contributed by atoms with Crippen molar-refractivity contribution in [3.63, 3.8) is 0 Å². The summed E-state index contributed by atoms with van der Waals surface area (Å²) in [5.74, 6) is 0. The number of para-hydroxylation sites is 1. The summed E-state index contributed by atoms with van der Waals surface area (Å²) in [5.41, 5.74) is 11.9. The highest BCUT2D eigenvalue weighted by atomic mass is 15.2. The first-order chi connectivity index (χ1) is 28.0. The molecule has 270 valence electrons. The average Bonchev–Trinajstić information content (AvgIpc) is 3.49. The Kier molecular flexibility index (Phi) is 7.55. The third-order valence-corrected chi connectivity index (χ3v) is 12.2. The van der Waals surface area contributed by atoms with Crippen LogP contribution in [0.1, 0.15) is 25.0 Å². The number of benzene rings is 10. The zero-order valence-corrected chi connectivity index (χ0v) is 32.0. The standard InChI is InChI=1S/C55H40N2/c1-55(2)50-35-41(56(40-21-4-3-5-22-40)52-28-14-19-37-16-6-10-24-44(37)52)30-32-47(50)48-33-31-42(36-51(48)55)57(53-29-15-20-38-17-7-11-25-45(38)53)54-34-39-18-8-9-23-43(39)46-26-12-13-27-49(46)54/h3-36H,1-2H3. The first kappa shape index (κ1) is 33.2. The summed E-state index contributed by atoms with van der Waals surface area (Å²) < 4.78 is 0. The van der Waals surface area contributed by atoms with Crippen LogP contribution in [0.3, 0.4) is 0 Å². The smallest absolute Gasteiger partial charge is 0.0546 e. The van der Waals surface area contributed by atoms with Crippen molar-refractivity contribution < 1.29 is 0 Å². The van der Waals surface area contributed by atoms with Crippen LogP contribution in [0.2, 0.25) is 0 Å². The van der Waals surface area contributed by atoms with E-state index in [4.69, 9.17) is 0 Å². The van der Waals surface area contributed by atoms with Crippen molar-refractivity contribution in [3.05, 3.63) is 217 Å². The van der Waals surface area contributed by atoms with E-state index < -0.39 is 0 Å². The van der Waals surface area contributed by atoms with Crippen molar-refractivity contribution in [2.75, 3.05) is 9.80 Å². The van der Waals surface area contributed by atoms with Gasteiger partial charge in [0.05, 0.1) is 17.1 Å². The molecule has 2 heteroatoms. The summed E-state index contributed by atoms with van der Waals surface area (Å²) in [7, 11) is 0. The zero-order chi connectivity index (χ0) is 38.1. The zero-order valence-electron chi connectivity index (χ0n) is 32.0. The van der Waals surface area contributed by atoms with Crippen molar-refractivity contribution in [1.29, 1.82) is 0 Å². The second kappa shape index (κ2) is 13.0. The van der Waals surface area contributed by atoms with Gasteiger partial charge in [0.25, 0.3) is 0 Å². The van der Waals surface area contributed by atoms with Gasteiger partial charge in [0.2, 0.25) is 0 Å². The Morgan fingerprint density at radius 3 is 1.37 bits per heavy atom. The number of hydrogen-bond donors (Lipinski definition) is 0. The van der Waals surface area contributed by atoms with Crippen LogP contribution in [-0.4, -0.2) is 0 Å². The van der Waals surface area contributed by atoms with Crippen LogP contribution in [0.5, 0.6) is 0 Å². The van der Waals surface area contributed by atoms with Gasteiger partial charge in [-0.05, 0) is 104 Å². The van der Waals surface area contributed by atoms with Crippen LogP contribution in [-0.2, 0) is 5.41 Å². The van der Waals surface area contributed by atoms with E-state index in [-0.39, 0.29) is 5.41 Å². The van der Waals surface area contributed by atoms with E-state index in [9.17, 15) is 0 Å². The van der Waals surface area contributed by atoms with E-state index in [0.29, 0.717) is 0 Å². The number of nitrogens with zero attached hydrogens (tertiary/aromatic N) is 2. The second-order valence-electron chi connectivity index (χ2n) is 15.8. The maximum Gasteiger partial charge on any atom is 0.0546 e. The Hall–Kier alpha value is -7.16. The lowest BCUT2D eigenvalue weighted by Crippen LogP contribution is -2.18. The molecular weight excluding hydrogens is 689 g/mol. The molecule has 0 saturated heterocycles. The van der Waals surface area contributed by atoms with Crippen LogP contribution in [0.25, 0.3) is 54.2 Å². The summed E-state index contributed by atoms with van der Waals surface area (Å²) in [6.45, 7) is 4.79. The number of rotatable bonds is 6. The van der Waals surface area contributed by atoms with Crippen molar-refractivity contribution in [3.8, 4) is 11.1 Å². The molecule has 1 aliphatic carbocycles. The van der Waals surface area contributed by atoms with Crippen LogP contribution in [0, 0.1) is 0 Å². The molecule has 0 spiro atoms. The van der Waals surface area contributed by atoms with Crippen molar-refractivity contribution in [2.45, 2.75) is 19.3 Å². The van der Waals surface area contributed by atoms with E-state index in [1.807, 2.05) is 0 Å². The highest BCUT2D eigenvalue weighted by Crippen LogP contribution is 2.53. The van der Waals surface area contributed by atoms with Crippen LogP contribution < -0.4 is 9.80 Å². The van der Waals surface area contributed by atoms with Gasteiger partial charge in [-0.15, -0.1) is 0 Å². The molecule has 0 fully saturated rings. The topological polar surface area (TPSA) is 6.48 Å². The largest absolute Gasteiger partial charge is 0.310 e. The summed E-state index contributed by atoms with van der Waals surface area (Å²) in [5, 5.41) is 9.88. The van der Waals surface area contributed by atoms with Gasteiger partial charge in [0.1, 0.15) is 0 Å². The molecule has 0 atom stereocenters. The summed E-state index contributed by atoms with van der Waals surface area (Å²) in [6.07, 6.45) is 0. The Morgan fingerprint density at radius 1 is 0.298 bits per heavy atom. The van der Waals surface area contributed by atoms with E-state index in [0.717, 1.165) is 22.7 Å². The molecule has 0 bridgehead atoms. The highest BCUT2D eigenvalue weighted by Gasteiger charge is 2.37. The first-order valence-electron chi connectivity index (χ1n) is 19.9. The number of fused-ring (bicyclic) bond motifs is 8. The molecule has 10 aromatic rings. The highest BCUT2D eigenvalue weighted by molar-refractivity contribution is 6.15. The fourth-order valence-corrected chi connectivity index (χ4v) is 9.43. The molecule has 0 radical (unpaired) electrons. The van der Waals surface area contributed by atoms with Gasteiger partial charge < -0.3 is 9.80 Å². The minimum absolute atomic E-state index is 0.256. The van der Waals surface area contributed by atoms with Gasteiger partial charge in [-0.1, -0.05) is 166 Å². The molecule has 0 N–H and O–H groups in total. The summed E-state index contributed by atoms with van der Waals surface area (Å²) >= 11 is 0. The fraction of sp³-hybridized carbons (Fsp3) is 0.0545. The quantitative estimate of drug-likeness (QED) is 0.157. The normalized spacial score (nSPS) is 12.9. The van der Waals surface area contributed by atoms with Crippen LogP contribution in [0.4, 0.5) is 34.1 Å². The van der Waals surface area contributed by atoms with Gasteiger partial charge in [0, 0.05) is 38.6 Å². The predicted octanol–water partition coefficient (Wildman–Crippen LogP) is 15.5. The third kappa shape index (κ3) is 5.25. The maximum atomic E-state index is 2.50. The molecule has 0 unspecified atom stereocenters. The van der Waals surface area contributed by atoms with Crippen molar-refractivity contribution in [2.24, 2.45) is 0 Å². The van der Waals surface area contributed by atoms with Gasteiger partial charge in [-0.2, -0.15) is 0 Å². The Balaban J connectivity index is 1.10. The number of anilines is 6. The Bertz CT molecular complexity index is 3170. The van der Waals surface area contributed by atoms with E-state index >= 15 is 0 Å². The third-order valence-electron chi connectivity index (χ3n) is 12.2. The lowest BCUT2D eigenvalue weighted by atomic mass is 9.82. The molecule has 0 amide bonds. The SMILES string of the molecule is CC1(C)c2cc(N(c3ccccc3)c3cccc4ccccc34)ccc2-c2ccc(N(c3cccc4ccccc34)c3cc4ccccc4c4ccccc34)cc21. The van der Waals surface area contributed by atoms with Gasteiger partial charge in [-0.3, -0.25) is 0 Å². The molecule has 1 aliphatic rings. The van der Waals surface area contributed by atoms with E-state index in [1.54, 1.807) is 0 Å². The van der Waals surface area contributed by atoms with Gasteiger partial charge >= 0.3 is 0 Å². The minimum atomic E-state index is -0.256. The Labute approximate surface area is 333 Å². The minimum Gasteiger partial charge on any atom is -0.310 e. The molecule has 0 saturated carbocycles. The lowest BCUT2D eigenvalue weighted by Gasteiger charge is -2.31. The fourth-order valence-electron chi connectivity index (χ4n) is 9.43. The Morgan fingerprint density at radius 2 is 0.754 bits per heavy atom. The van der Waals surface area contributed by atoms with Crippen molar-refractivity contribution in [1.82, 2.24) is 0 Å². The molecule has 2 nitrogen and oxygen atoms in total. The van der Waals surface area contributed by atoms with Gasteiger partial charge in [-0.25, -0.2) is 0 Å². The van der Waals surface area contributed by atoms with E-state index in [1.165, 1.54) is 76.7 Å². The molecule has 57 heavy (non-hydrogen) atoms. The predicted molar refractivity (Wildman–Crippen MR) is 243 cm³/mol. The van der Waals surface area contributed by atoms with Crippen LogP contribution >= 0.6 is 0 Å². The van der Waals surface area contributed by atoms with E-state index in [2.05, 4.69) is 230 Å². The van der Waals surface area contributed by atoms with Crippen LogP contribution in [0.15, 0.2) is 206 Å². The molecule has 0 heterocycles. The second-order valence-corrected chi connectivity index (χ2v) is 15.8. The summed E-state index contributed by atoms with van der Waals surface area (Å²) in [6, 6.07) is 75.7. The average molecular weight is 729 g/mol. The molecule has 0 aromatic heterocycles. The van der Waals surface area contributed by atoms with Gasteiger partial charge in [0.15, 0.2) is 0 Å². The maximum absolute atomic E-state index is 2.50. The molecule has 11 rings (SSSR count). The molecule has 0 aliphatic heterocycles. The monoisotopic (exact) mass is 728 g/mol. The molecule has 10 aromatic carbocycles. The number of hydrogen-bond acceptors (Lipinski definition) is 2. The molecular formula is C55H40N2. The first-order valence-corrected chi connectivity index (χ1v) is 19.9.